The number of esters is 3. The van der Waals surface area contributed by atoms with E-state index in [9.17, 15) is 14.4 Å². The van der Waals surface area contributed by atoms with Crippen molar-refractivity contribution in [3.63, 3.8) is 0 Å². The highest BCUT2D eigenvalue weighted by molar-refractivity contribution is 5.69. The highest BCUT2D eigenvalue weighted by Gasteiger charge is 2.24. The molecule has 0 N–H and O–H groups in total. The summed E-state index contributed by atoms with van der Waals surface area (Å²) in [5.74, 6) is -0.439. The van der Waals surface area contributed by atoms with Crippen molar-refractivity contribution in [2.45, 2.75) is 290 Å². The second kappa shape index (κ2) is 53.9. The predicted molar refractivity (Wildman–Crippen MR) is 292 cm³/mol. The van der Waals surface area contributed by atoms with E-state index >= 15 is 0 Å². The van der Waals surface area contributed by atoms with E-state index in [0.29, 0.717) is 63.2 Å². The SMILES string of the molecule is CCCCCCCCC=CCCCCCCCC(=O)OCC[N+](C)(CCOC(=O)CCCCCCC/C=C\CCCCCCCC)CCOC(=O)CCCCCCC/C=C\CCCCCCCC. The molecule has 7 heteroatoms. The lowest BCUT2D eigenvalue weighted by Gasteiger charge is -2.34. The third-order valence-electron chi connectivity index (χ3n) is 13.6. The summed E-state index contributed by atoms with van der Waals surface area (Å²) >= 11 is 0. The van der Waals surface area contributed by atoms with Crippen LogP contribution in [0.4, 0.5) is 0 Å². The molecule has 0 bridgehead atoms. The highest BCUT2D eigenvalue weighted by atomic mass is 16.5. The van der Waals surface area contributed by atoms with Crippen LogP contribution in [0.2, 0.25) is 0 Å². The summed E-state index contributed by atoms with van der Waals surface area (Å²) in [5, 5.41) is 0. The van der Waals surface area contributed by atoms with Gasteiger partial charge in [-0.25, -0.2) is 0 Å². The maximum Gasteiger partial charge on any atom is 0.305 e. The molecule has 0 amide bonds. The third-order valence-corrected chi connectivity index (χ3v) is 13.6. The van der Waals surface area contributed by atoms with E-state index in [1.807, 2.05) is 0 Å². The van der Waals surface area contributed by atoms with Crippen molar-refractivity contribution >= 4 is 17.9 Å². The van der Waals surface area contributed by atoms with Crippen LogP contribution in [0, 0.1) is 0 Å². The molecule has 398 valence electrons. The Morgan fingerprint density at radius 3 is 0.706 bits per heavy atom. The molecule has 0 spiro atoms. The number of ether oxygens (including phenoxy) is 3. The first kappa shape index (κ1) is 65.6. The van der Waals surface area contributed by atoms with E-state index in [4.69, 9.17) is 14.2 Å². The normalized spacial score (nSPS) is 12.0. The number of hydrogen-bond donors (Lipinski definition) is 0. The molecule has 68 heavy (non-hydrogen) atoms. The van der Waals surface area contributed by atoms with Crippen LogP contribution in [0.25, 0.3) is 0 Å². The fourth-order valence-electron chi connectivity index (χ4n) is 8.71. The van der Waals surface area contributed by atoms with Gasteiger partial charge in [-0.15, -0.1) is 0 Å². The molecule has 0 saturated heterocycles. The number of hydrogen-bond acceptors (Lipinski definition) is 6. The maximum absolute atomic E-state index is 12.6. The van der Waals surface area contributed by atoms with Gasteiger partial charge in [0.2, 0.25) is 0 Å². The van der Waals surface area contributed by atoms with Crippen LogP contribution in [0.3, 0.4) is 0 Å². The molecule has 7 nitrogen and oxygen atoms in total. The van der Waals surface area contributed by atoms with Crippen molar-refractivity contribution in [2.24, 2.45) is 0 Å². The monoisotopic (exact) mass is 957 g/mol. The Bertz CT molecular complexity index is 1040. The molecule has 0 aliphatic rings. The number of rotatable bonds is 54. The lowest BCUT2D eigenvalue weighted by Crippen LogP contribution is -2.51. The van der Waals surface area contributed by atoms with Gasteiger partial charge in [-0.2, -0.15) is 0 Å². The van der Waals surface area contributed by atoms with Gasteiger partial charge < -0.3 is 18.7 Å². The Hall–Kier alpha value is -2.41. The van der Waals surface area contributed by atoms with Gasteiger partial charge >= 0.3 is 17.9 Å². The zero-order valence-electron chi connectivity index (χ0n) is 45.8. The van der Waals surface area contributed by atoms with Gasteiger partial charge in [0, 0.05) is 19.3 Å². The molecule has 0 aromatic carbocycles. The van der Waals surface area contributed by atoms with Crippen LogP contribution in [0.1, 0.15) is 290 Å². The van der Waals surface area contributed by atoms with Gasteiger partial charge in [-0.3, -0.25) is 14.4 Å². The number of unbranched alkanes of at least 4 members (excludes halogenated alkanes) is 33. The summed E-state index contributed by atoms with van der Waals surface area (Å²) in [4.78, 5) is 37.9. The van der Waals surface area contributed by atoms with Crippen LogP contribution < -0.4 is 0 Å². The van der Waals surface area contributed by atoms with Crippen LogP contribution >= 0.6 is 0 Å². The van der Waals surface area contributed by atoms with Gasteiger partial charge in [0.1, 0.15) is 39.5 Å². The largest absolute Gasteiger partial charge is 0.460 e. The standard InChI is InChI=1S/C61H114NO6/c1-5-8-11-14-17-20-23-26-29-32-35-38-41-44-47-50-59(63)66-56-53-62(4,54-57-67-60(64)51-48-45-42-39-36-33-30-27-24-21-18-15-12-9-6-2)55-58-68-61(65)52-49-46-43-40-37-34-31-28-25-22-19-16-13-10-7-3/h26-31H,5-25,32-58H2,1-4H3/q+1/b29-26-,30-27-,31-28?. The van der Waals surface area contributed by atoms with Crippen molar-refractivity contribution in [1.82, 2.24) is 0 Å². The van der Waals surface area contributed by atoms with Gasteiger partial charge in [-0.05, 0) is 96.3 Å². The second-order valence-corrected chi connectivity index (χ2v) is 20.5. The molecule has 0 aromatic heterocycles. The van der Waals surface area contributed by atoms with Crippen LogP contribution in [0.5, 0.6) is 0 Å². The Labute approximate surface area is 422 Å². The molecule has 0 aliphatic carbocycles. The van der Waals surface area contributed by atoms with E-state index in [2.05, 4.69) is 64.3 Å². The summed E-state index contributed by atoms with van der Waals surface area (Å²) in [6, 6.07) is 0. The Balaban J connectivity index is 4.47. The number of carbonyl (C=O) groups excluding carboxylic acids is 3. The molecule has 0 aliphatic heterocycles. The van der Waals surface area contributed by atoms with E-state index < -0.39 is 0 Å². The fraction of sp³-hybridized carbons (Fsp3) is 0.852. The molecular weight excluding hydrogens is 843 g/mol. The summed E-state index contributed by atoms with van der Waals surface area (Å²) in [6.07, 6.45) is 63.4. The van der Waals surface area contributed by atoms with Crippen LogP contribution in [-0.4, -0.2) is 68.9 Å². The molecule has 0 unspecified atom stereocenters. The van der Waals surface area contributed by atoms with E-state index in [0.717, 1.165) is 77.0 Å². The molecule has 0 saturated carbocycles. The van der Waals surface area contributed by atoms with E-state index in [1.165, 1.54) is 173 Å². The maximum atomic E-state index is 12.6. The summed E-state index contributed by atoms with van der Waals surface area (Å²) < 4.78 is 17.6. The predicted octanol–water partition coefficient (Wildman–Crippen LogP) is 18.2. The first-order valence-electron chi connectivity index (χ1n) is 29.6. The minimum atomic E-state index is -0.146. The first-order chi connectivity index (χ1) is 33.4. The fourth-order valence-corrected chi connectivity index (χ4v) is 8.71. The summed E-state index contributed by atoms with van der Waals surface area (Å²) in [5.41, 5.74) is 0. The van der Waals surface area contributed by atoms with E-state index in [1.54, 1.807) is 0 Å². The average molecular weight is 958 g/mol. The van der Waals surface area contributed by atoms with Gasteiger partial charge in [-0.1, -0.05) is 211 Å². The van der Waals surface area contributed by atoms with Crippen molar-refractivity contribution in [1.29, 1.82) is 0 Å². The molecule has 0 heterocycles. The number of carbonyl (C=O) groups is 3. The van der Waals surface area contributed by atoms with Crippen molar-refractivity contribution in [3.05, 3.63) is 36.5 Å². The second-order valence-electron chi connectivity index (χ2n) is 20.5. The Morgan fingerprint density at radius 1 is 0.294 bits per heavy atom. The molecule has 0 rings (SSSR count). The zero-order valence-corrected chi connectivity index (χ0v) is 45.8. The quantitative estimate of drug-likeness (QED) is 0.0199. The number of quaternary nitrogens is 1. The van der Waals surface area contributed by atoms with Crippen molar-refractivity contribution < 1.29 is 33.1 Å². The Morgan fingerprint density at radius 2 is 0.485 bits per heavy atom. The third kappa shape index (κ3) is 51.4. The molecular formula is C61H114NO6+. The van der Waals surface area contributed by atoms with Crippen molar-refractivity contribution in [2.75, 3.05) is 46.5 Å². The van der Waals surface area contributed by atoms with Gasteiger partial charge in [0.25, 0.3) is 0 Å². The average Bonchev–Trinajstić information content (AvgIpc) is 3.32. The lowest BCUT2D eigenvalue weighted by molar-refractivity contribution is -0.910. The van der Waals surface area contributed by atoms with Crippen LogP contribution in [0.15, 0.2) is 36.5 Å². The smallest absolute Gasteiger partial charge is 0.305 e. The zero-order chi connectivity index (χ0) is 49.5. The molecule has 0 radical (unpaired) electrons. The van der Waals surface area contributed by atoms with Gasteiger partial charge in [0.05, 0.1) is 7.05 Å². The van der Waals surface area contributed by atoms with Crippen molar-refractivity contribution in [3.8, 4) is 0 Å². The summed E-state index contributed by atoms with van der Waals surface area (Å²) in [6.45, 7) is 9.43. The van der Waals surface area contributed by atoms with Crippen LogP contribution in [-0.2, 0) is 28.6 Å². The minimum absolute atomic E-state index is 0.146. The minimum Gasteiger partial charge on any atom is -0.460 e. The van der Waals surface area contributed by atoms with E-state index in [-0.39, 0.29) is 17.9 Å². The summed E-state index contributed by atoms with van der Waals surface area (Å²) in [7, 11) is 2.08. The number of allylic oxidation sites excluding steroid dienone is 6. The Kier molecular flexibility index (Phi) is 52.0. The molecule has 0 atom stereocenters. The molecule has 0 fully saturated rings. The highest BCUT2D eigenvalue weighted by Crippen LogP contribution is 2.15. The topological polar surface area (TPSA) is 78.9 Å². The lowest BCUT2D eigenvalue weighted by atomic mass is 10.1. The number of nitrogens with zero attached hydrogens (tertiary/aromatic N) is 1. The first-order valence-corrected chi connectivity index (χ1v) is 29.6. The number of likely N-dealkylation sites (N-methyl/N-ethyl adjacent to an activating group) is 1. The van der Waals surface area contributed by atoms with Gasteiger partial charge in [0.15, 0.2) is 0 Å². The molecule has 0 aromatic rings.